The van der Waals surface area contributed by atoms with E-state index in [9.17, 15) is 4.39 Å². The molecule has 0 aliphatic heterocycles. The van der Waals surface area contributed by atoms with Gasteiger partial charge in [0, 0.05) is 21.6 Å². The standard InChI is InChI=1S/C16H15BrCl2FN/c1-2-7-21-9-11-4-3-10(8-14(11)18)12-5-6-13(17)15(19)16(12)20/h3-6,8,21H,2,7,9H2,1H3. The number of rotatable bonds is 5. The number of nitrogens with one attached hydrogen (secondary N) is 1. The molecule has 1 N–H and O–H groups in total. The minimum absolute atomic E-state index is 0.0808. The van der Waals surface area contributed by atoms with Gasteiger partial charge in [-0.3, -0.25) is 0 Å². The second-order valence-corrected chi connectivity index (χ2v) is 6.35. The molecule has 0 atom stereocenters. The fourth-order valence-corrected chi connectivity index (χ4v) is 2.73. The van der Waals surface area contributed by atoms with Gasteiger partial charge in [-0.05, 0) is 52.2 Å². The van der Waals surface area contributed by atoms with Crippen molar-refractivity contribution >= 4 is 39.1 Å². The molecule has 2 rings (SSSR count). The molecular weight excluding hydrogens is 376 g/mol. The topological polar surface area (TPSA) is 12.0 Å². The fourth-order valence-electron chi connectivity index (χ4n) is 2.01. The van der Waals surface area contributed by atoms with Gasteiger partial charge < -0.3 is 5.32 Å². The molecule has 0 bridgehead atoms. The summed E-state index contributed by atoms with van der Waals surface area (Å²) in [5.74, 6) is -0.445. The monoisotopic (exact) mass is 389 g/mol. The summed E-state index contributed by atoms with van der Waals surface area (Å²) in [5.41, 5.74) is 2.15. The van der Waals surface area contributed by atoms with Crippen molar-refractivity contribution in [2.24, 2.45) is 0 Å². The van der Waals surface area contributed by atoms with Crippen LogP contribution in [-0.2, 0) is 6.54 Å². The average molecular weight is 391 g/mol. The molecule has 0 saturated heterocycles. The van der Waals surface area contributed by atoms with Crippen LogP contribution in [0.1, 0.15) is 18.9 Å². The number of hydrogen-bond acceptors (Lipinski definition) is 1. The highest BCUT2D eigenvalue weighted by atomic mass is 79.9. The van der Waals surface area contributed by atoms with Gasteiger partial charge in [-0.2, -0.15) is 0 Å². The summed E-state index contributed by atoms with van der Waals surface area (Å²) >= 11 is 15.4. The van der Waals surface area contributed by atoms with Gasteiger partial charge in [0.05, 0.1) is 5.02 Å². The van der Waals surface area contributed by atoms with E-state index in [-0.39, 0.29) is 5.02 Å². The zero-order valence-electron chi connectivity index (χ0n) is 11.5. The second-order valence-electron chi connectivity index (χ2n) is 4.71. The first kappa shape index (κ1) is 16.8. The first-order chi connectivity index (χ1) is 10.0. The Hall–Kier alpha value is -0.610. The maximum Gasteiger partial charge on any atom is 0.150 e. The van der Waals surface area contributed by atoms with E-state index in [1.165, 1.54) is 0 Å². The third-order valence-corrected chi connectivity index (χ3v) is 4.75. The lowest BCUT2D eigenvalue weighted by atomic mass is 10.0. The Morgan fingerprint density at radius 3 is 2.62 bits per heavy atom. The molecule has 0 spiro atoms. The van der Waals surface area contributed by atoms with E-state index in [0.29, 0.717) is 27.2 Å². The quantitative estimate of drug-likeness (QED) is 0.483. The van der Waals surface area contributed by atoms with Crippen molar-refractivity contribution in [2.45, 2.75) is 19.9 Å². The Balaban J connectivity index is 2.30. The number of benzene rings is 2. The first-order valence-corrected chi connectivity index (χ1v) is 8.22. The van der Waals surface area contributed by atoms with Crippen molar-refractivity contribution in [3.63, 3.8) is 0 Å². The van der Waals surface area contributed by atoms with Crippen molar-refractivity contribution in [3.05, 3.63) is 56.2 Å². The minimum atomic E-state index is -0.445. The molecule has 0 aliphatic carbocycles. The highest BCUT2D eigenvalue weighted by Gasteiger charge is 2.13. The number of halogens is 4. The summed E-state index contributed by atoms with van der Waals surface area (Å²) in [4.78, 5) is 0. The summed E-state index contributed by atoms with van der Waals surface area (Å²) in [7, 11) is 0. The molecule has 0 saturated carbocycles. The largest absolute Gasteiger partial charge is 0.313 e. The smallest absolute Gasteiger partial charge is 0.150 e. The van der Waals surface area contributed by atoms with Crippen LogP contribution in [0.3, 0.4) is 0 Å². The molecule has 5 heteroatoms. The van der Waals surface area contributed by atoms with Crippen LogP contribution in [0.15, 0.2) is 34.8 Å². The zero-order chi connectivity index (χ0) is 15.4. The number of hydrogen-bond donors (Lipinski definition) is 1. The van der Waals surface area contributed by atoms with Gasteiger partial charge in [-0.25, -0.2) is 4.39 Å². The molecule has 0 radical (unpaired) electrons. The molecule has 0 aromatic heterocycles. The van der Waals surface area contributed by atoms with E-state index >= 15 is 0 Å². The van der Waals surface area contributed by atoms with E-state index in [0.717, 1.165) is 18.5 Å². The Labute approximate surface area is 142 Å². The molecule has 112 valence electrons. The van der Waals surface area contributed by atoms with E-state index in [1.807, 2.05) is 12.1 Å². The van der Waals surface area contributed by atoms with E-state index < -0.39 is 5.82 Å². The molecular formula is C16H15BrCl2FN. The van der Waals surface area contributed by atoms with Crippen molar-refractivity contribution in [3.8, 4) is 11.1 Å². The van der Waals surface area contributed by atoms with Crippen LogP contribution in [0.25, 0.3) is 11.1 Å². The fraction of sp³-hybridized carbons (Fsp3) is 0.250. The van der Waals surface area contributed by atoms with E-state index in [1.54, 1.807) is 18.2 Å². The Morgan fingerprint density at radius 2 is 1.95 bits per heavy atom. The van der Waals surface area contributed by atoms with Crippen molar-refractivity contribution in [1.29, 1.82) is 0 Å². The summed E-state index contributed by atoms with van der Waals surface area (Å²) in [6.07, 6.45) is 1.07. The molecule has 0 aliphatic rings. The van der Waals surface area contributed by atoms with Crippen LogP contribution in [0, 0.1) is 5.82 Å². The maximum atomic E-state index is 14.2. The predicted molar refractivity (Wildman–Crippen MR) is 91.6 cm³/mol. The lowest BCUT2D eigenvalue weighted by molar-refractivity contribution is 0.631. The Kier molecular flexibility index (Phi) is 6.06. The summed E-state index contributed by atoms with van der Waals surface area (Å²) in [5, 5.41) is 3.99. The zero-order valence-corrected chi connectivity index (χ0v) is 14.6. The van der Waals surface area contributed by atoms with Crippen LogP contribution in [0.5, 0.6) is 0 Å². The minimum Gasteiger partial charge on any atom is -0.313 e. The van der Waals surface area contributed by atoms with Gasteiger partial charge >= 0.3 is 0 Å². The van der Waals surface area contributed by atoms with Crippen LogP contribution in [0.2, 0.25) is 10.0 Å². The summed E-state index contributed by atoms with van der Waals surface area (Å²) in [6, 6.07) is 8.96. The van der Waals surface area contributed by atoms with Gasteiger partial charge in [0.2, 0.25) is 0 Å². The highest BCUT2D eigenvalue weighted by molar-refractivity contribution is 9.10. The molecule has 2 aromatic rings. The molecule has 2 aromatic carbocycles. The molecule has 1 nitrogen and oxygen atoms in total. The highest BCUT2D eigenvalue weighted by Crippen LogP contribution is 2.34. The maximum absolute atomic E-state index is 14.2. The molecule has 0 amide bonds. The van der Waals surface area contributed by atoms with Crippen LogP contribution in [-0.4, -0.2) is 6.54 Å². The third kappa shape index (κ3) is 3.98. The van der Waals surface area contributed by atoms with Crippen molar-refractivity contribution in [1.82, 2.24) is 5.32 Å². The Bertz CT molecular complexity index is 646. The van der Waals surface area contributed by atoms with Gasteiger partial charge in [0.15, 0.2) is 5.82 Å². The van der Waals surface area contributed by atoms with Gasteiger partial charge in [0.1, 0.15) is 0 Å². The van der Waals surface area contributed by atoms with Crippen molar-refractivity contribution < 1.29 is 4.39 Å². The van der Waals surface area contributed by atoms with E-state index in [2.05, 4.69) is 28.2 Å². The molecule has 21 heavy (non-hydrogen) atoms. The molecule has 0 fully saturated rings. The predicted octanol–water partition coefficient (Wildman–Crippen LogP) is 6.06. The molecule has 0 unspecified atom stereocenters. The lowest BCUT2D eigenvalue weighted by Crippen LogP contribution is -2.14. The van der Waals surface area contributed by atoms with Gasteiger partial charge in [-0.15, -0.1) is 0 Å². The SMILES string of the molecule is CCCNCc1ccc(-c2ccc(Br)c(Cl)c2F)cc1Cl. The van der Waals surface area contributed by atoms with Crippen molar-refractivity contribution in [2.75, 3.05) is 6.54 Å². The summed E-state index contributed by atoms with van der Waals surface area (Å²) in [6.45, 7) is 3.75. The van der Waals surface area contributed by atoms with Crippen LogP contribution < -0.4 is 5.32 Å². The third-order valence-electron chi connectivity index (χ3n) is 3.14. The van der Waals surface area contributed by atoms with E-state index in [4.69, 9.17) is 23.2 Å². The average Bonchev–Trinajstić information content (AvgIpc) is 2.47. The van der Waals surface area contributed by atoms with Crippen LogP contribution in [0.4, 0.5) is 4.39 Å². The second kappa shape index (κ2) is 7.59. The normalized spacial score (nSPS) is 10.9. The van der Waals surface area contributed by atoms with Gasteiger partial charge in [-0.1, -0.05) is 48.3 Å². The van der Waals surface area contributed by atoms with Gasteiger partial charge in [0.25, 0.3) is 0 Å². The summed E-state index contributed by atoms with van der Waals surface area (Å²) < 4.78 is 14.8. The van der Waals surface area contributed by atoms with Crippen LogP contribution >= 0.6 is 39.1 Å². The Morgan fingerprint density at radius 1 is 1.19 bits per heavy atom. The molecule has 0 heterocycles. The first-order valence-electron chi connectivity index (χ1n) is 6.67. The lowest BCUT2D eigenvalue weighted by Gasteiger charge is -2.10.